The first-order valence-corrected chi connectivity index (χ1v) is 5.15. The Kier molecular flexibility index (Phi) is 6.75. The number of carbonyl (C=O) groups excluding carboxylic acids is 1. The maximum atomic E-state index is 9.82. The second-order valence-corrected chi connectivity index (χ2v) is 4.85. The Morgan fingerprint density at radius 2 is 1.79 bits per heavy atom. The van der Waals surface area contributed by atoms with Crippen LogP contribution in [0.15, 0.2) is 0 Å². The average molecular weight is 201 g/mol. The fourth-order valence-corrected chi connectivity index (χ4v) is 0.905. The SMILES string of the molecule is CC(C)(C)CC=O.CN1CCOCC1. The van der Waals surface area contributed by atoms with Crippen LogP contribution in [0, 0.1) is 5.41 Å². The predicted molar refractivity (Wildman–Crippen MR) is 58.5 cm³/mol. The molecule has 1 rings (SSSR count). The summed E-state index contributed by atoms with van der Waals surface area (Å²) in [7, 11) is 2.11. The van der Waals surface area contributed by atoms with E-state index >= 15 is 0 Å². The highest BCUT2D eigenvalue weighted by molar-refractivity contribution is 5.50. The number of hydrogen-bond acceptors (Lipinski definition) is 3. The lowest BCUT2D eigenvalue weighted by Crippen LogP contribution is -2.32. The summed E-state index contributed by atoms with van der Waals surface area (Å²) in [5, 5.41) is 0. The van der Waals surface area contributed by atoms with E-state index < -0.39 is 0 Å². The number of carbonyl (C=O) groups is 1. The normalized spacial score (nSPS) is 18.3. The Balaban J connectivity index is 0.000000241. The highest BCUT2D eigenvalue weighted by Gasteiger charge is 2.06. The summed E-state index contributed by atoms with van der Waals surface area (Å²) in [5.41, 5.74) is 0.182. The molecule has 0 spiro atoms. The summed E-state index contributed by atoms with van der Waals surface area (Å²) < 4.78 is 5.10. The van der Waals surface area contributed by atoms with Gasteiger partial charge in [-0.05, 0) is 12.5 Å². The predicted octanol–water partition coefficient (Wildman–Crippen LogP) is 1.57. The molecule has 84 valence electrons. The lowest BCUT2D eigenvalue weighted by molar-refractivity contribution is -0.109. The third-order valence-corrected chi connectivity index (χ3v) is 1.93. The van der Waals surface area contributed by atoms with Crippen LogP contribution >= 0.6 is 0 Å². The molecule has 0 aliphatic carbocycles. The van der Waals surface area contributed by atoms with Crippen molar-refractivity contribution in [1.82, 2.24) is 4.90 Å². The van der Waals surface area contributed by atoms with Crippen LogP contribution in [0.3, 0.4) is 0 Å². The van der Waals surface area contributed by atoms with Crippen molar-refractivity contribution in [3.8, 4) is 0 Å². The second-order valence-electron chi connectivity index (χ2n) is 4.85. The minimum absolute atomic E-state index is 0.182. The van der Waals surface area contributed by atoms with Crippen molar-refractivity contribution < 1.29 is 9.53 Å². The Morgan fingerprint density at radius 3 is 1.93 bits per heavy atom. The number of nitrogens with zero attached hydrogens (tertiary/aromatic N) is 1. The molecule has 3 nitrogen and oxygen atoms in total. The van der Waals surface area contributed by atoms with Crippen molar-refractivity contribution in [1.29, 1.82) is 0 Å². The van der Waals surface area contributed by atoms with Gasteiger partial charge in [0.05, 0.1) is 13.2 Å². The van der Waals surface area contributed by atoms with Crippen molar-refractivity contribution in [2.45, 2.75) is 27.2 Å². The Morgan fingerprint density at radius 1 is 1.29 bits per heavy atom. The van der Waals surface area contributed by atoms with Gasteiger partial charge in [-0.3, -0.25) is 0 Å². The summed E-state index contributed by atoms with van der Waals surface area (Å²) >= 11 is 0. The summed E-state index contributed by atoms with van der Waals surface area (Å²) in [6.07, 6.45) is 1.62. The molecule has 14 heavy (non-hydrogen) atoms. The van der Waals surface area contributed by atoms with Crippen LogP contribution in [0.1, 0.15) is 27.2 Å². The minimum Gasteiger partial charge on any atom is -0.379 e. The van der Waals surface area contributed by atoms with Gasteiger partial charge in [-0.2, -0.15) is 0 Å². The van der Waals surface area contributed by atoms with Gasteiger partial charge in [-0.15, -0.1) is 0 Å². The molecule has 3 heteroatoms. The van der Waals surface area contributed by atoms with E-state index in [-0.39, 0.29) is 5.41 Å². The zero-order chi connectivity index (χ0) is 11.0. The molecule has 1 heterocycles. The fraction of sp³-hybridized carbons (Fsp3) is 0.909. The van der Waals surface area contributed by atoms with Crippen LogP contribution in [-0.2, 0) is 9.53 Å². The fourth-order valence-electron chi connectivity index (χ4n) is 0.905. The standard InChI is InChI=1S/C6H12O.C5H11NO/c1-6(2,3)4-5-7;1-6-2-4-7-5-3-6/h5H,4H2,1-3H3;2-5H2,1H3. The smallest absolute Gasteiger partial charge is 0.120 e. The monoisotopic (exact) mass is 201 g/mol. The largest absolute Gasteiger partial charge is 0.379 e. The van der Waals surface area contributed by atoms with Crippen LogP contribution in [0.4, 0.5) is 0 Å². The molecule has 0 saturated carbocycles. The van der Waals surface area contributed by atoms with E-state index in [0.29, 0.717) is 6.42 Å². The van der Waals surface area contributed by atoms with Gasteiger partial charge in [-0.1, -0.05) is 20.8 Å². The van der Waals surface area contributed by atoms with Crippen molar-refractivity contribution in [3.05, 3.63) is 0 Å². The van der Waals surface area contributed by atoms with E-state index in [1.54, 1.807) is 0 Å². The Hall–Kier alpha value is -0.410. The Bertz CT molecular complexity index is 146. The van der Waals surface area contributed by atoms with E-state index in [9.17, 15) is 4.79 Å². The molecule has 0 aromatic rings. The van der Waals surface area contributed by atoms with Crippen LogP contribution in [0.2, 0.25) is 0 Å². The van der Waals surface area contributed by atoms with Gasteiger partial charge in [0.15, 0.2) is 0 Å². The zero-order valence-corrected chi connectivity index (χ0v) is 9.88. The highest BCUT2D eigenvalue weighted by atomic mass is 16.5. The first-order valence-electron chi connectivity index (χ1n) is 5.15. The highest BCUT2D eigenvalue weighted by Crippen LogP contribution is 2.15. The van der Waals surface area contributed by atoms with Gasteiger partial charge in [0.25, 0.3) is 0 Å². The van der Waals surface area contributed by atoms with Gasteiger partial charge < -0.3 is 14.4 Å². The summed E-state index contributed by atoms with van der Waals surface area (Å²) in [5.74, 6) is 0. The molecule has 0 aromatic heterocycles. The molecule has 0 N–H and O–H groups in total. The third-order valence-electron chi connectivity index (χ3n) is 1.93. The molecule has 0 atom stereocenters. The zero-order valence-electron chi connectivity index (χ0n) is 9.88. The molecular formula is C11H23NO2. The van der Waals surface area contributed by atoms with Gasteiger partial charge in [0.2, 0.25) is 0 Å². The average Bonchev–Trinajstić information content (AvgIpc) is 2.04. The van der Waals surface area contributed by atoms with Gasteiger partial charge >= 0.3 is 0 Å². The topological polar surface area (TPSA) is 29.5 Å². The minimum atomic E-state index is 0.182. The summed E-state index contributed by atoms with van der Waals surface area (Å²) in [4.78, 5) is 12.1. The number of morpholine rings is 1. The molecule has 0 radical (unpaired) electrons. The third kappa shape index (κ3) is 9.68. The number of hydrogen-bond donors (Lipinski definition) is 0. The first-order chi connectivity index (χ1) is 6.45. The molecule has 1 saturated heterocycles. The van der Waals surface area contributed by atoms with E-state index in [4.69, 9.17) is 4.74 Å². The number of rotatable bonds is 1. The molecule has 1 aliphatic rings. The summed E-state index contributed by atoms with van der Waals surface area (Å²) in [6, 6.07) is 0. The van der Waals surface area contributed by atoms with E-state index in [1.165, 1.54) is 0 Å². The van der Waals surface area contributed by atoms with Crippen LogP contribution in [-0.4, -0.2) is 44.5 Å². The van der Waals surface area contributed by atoms with E-state index in [1.807, 2.05) is 20.8 Å². The molecule has 0 aromatic carbocycles. The summed E-state index contributed by atoms with van der Waals surface area (Å²) in [6.45, 7) is 10.1. The second kappa shape index (κ2) is 6.96. The quantitative estimate of drug-likeness (QED) is 0.603. The lowest BCUT2D eigenvalue weighted by atomic mass is 9.93. The van der Waals surface area contributed by atoms with Crippen LogP contribution in [0.25, 0.3) is 0 Å². The molecule has 0 unspecified atom stereocenters. The van der Waals surface area contributed by atoms with Crippen LogP contribution in [0.5, 0.6) is 0 Å². The maximum absolute atomic E-state index is 9.82. The number of likely N-dealkylation sites (N-methyl/N-ethyl adjacent to an activating group) is 1. The molecule has 0 bridgehead atoms. The van der Waals surface area contributed by atoms with Gasteiger partial charge in [0.1, 0.15) is 6.29 Å². The van der Waals surface area contributed by atoms with Crippen molar-refractivity contribution in [3.63, 3.8) is 0 Å². The lowest BCUT2D eigenvalue weighted by Gasteiger charge is -2.21. The Labute approximate surface area is 87.4 Å². The first kappa shape index (κ1) is 13.6. The van der Waals surface area contributed by atoms with E-state index in [2.05, 4.69) is 11.9 Å². The van der Waals surface area contributed by atoms with Crippen molar-refractivity contribution in [2.24, 2.45) is 5.41 Å². The van der Waals surface area contributed by atoms with E-state index in [0.717, 1.165) is 32.6 Å². The van der Waals surface area contributed by atoms with Crippen molar-refractivity contribution in [2.75, 3.05) is 33.4 Å². The van der Waals surface area contributed by atoms with Gasteiger partial charge in [-0.25, -0.2) is 0 Å². The molecule has 1 aliphatic heterocycles. The number of aldehydes is 1. The molecule has 1 fully saturated rings. The molecular weight excluding hydrogens is 178 g/mol. The van der Waals surface area contributed by atoms with Crippen LogP contribution < -0.4 is 0 Å². The van der Waals surface area contributed by atoms with Gasteiger partial charge in [0, 0.05) is 19.5 Å². The number of ether oxygens (including phenoxy) is 1. The molecule has 0 amide bonds. The maximum Gasteiger partial charge on any atom is 0.120 e. The van der Waals surface area contributed by atoms with Crippen molar-refractivity contribution >= 4 is 6.29 Å².